The number of rotatable bonds is 6. The van der Waals surface area contributed by atoms with Crippen LogP contribution >= 0.6 is 0 Å². The minimum absolute atomic E-state index is 0.495. The molecule has 0 heteroatoms. The van der Waals surface area contributed by atoms with Gasteiger partial charge in [-0.1, -0.05) is 102 Å². The smallest absolute Gasteiger partial charge is 0.0230 e. The maximum atomic E-state index is 2.79. The van der Waals surface area contributed by atoms with Crippen LogP contribution in [0.1, 0.15) is 134 Å². The highest BCUT2D eigenvalue weighted by atomic mass is 14.8. The SMILES string of the molecule is CCCCCC1(C)CC2C(C)C3C(C)CCC(C(C)C)C3CC2(C)CC1(C)C1C(C)C1(C)C. The van der Waals surface area contributed by atoms with Crippen molar-refractivity contribution in [2.75, 3.05) is 0 Å². The molecule has 0 N–H and O–H groups in total. The molecule has 0 spiro atoms. The van der Waals surface area contributed by atoms with Gasteiger partial charge in [-0.05, 0) is 107 Å². The van der Waals surface area contributed by atoms with Gasteiger partial charge >= 0.3 is 0 Å². The van der Waals surface area contributed by atoms with E-state index in [1.54, 1.807) is 0 Å². The highest BCUT2D eigenvalue weighted by Gasteiger charge is 2.71. The van der Waals surface area contributed by atoms with Crippen molar-refractivity contribution in [3.05, 3.63) is 0 Å². The average Bonchev–Trinajstić information content (AvgIpc) is 3.21. The molecule has 0 aromatic carbocycles. The minimum Gasteiger partial charge on any atom is -0.0654 e. The zero-order valence-electron chi connectivity index (χ0n) is 24.6. The highest BCUT2D eigenvalue weighted by molar-refractivity contribution is 5.19. The number of unbranched alkanes of at least 4 members (excludes halogenated alkanes) is 2. The molecule has 0 aromatic rings. The van der Waals surface area contributed by atoms with Crippen LogP contribution in [0.25, 0.3) is 0 Å². The number of hydrogen-bond donors (Lipinski definition) is 0. The maximum Gasteiger partial charge on any atom is -0.0230 e. The van der Waals surface area contributed by atoms with E-state index < -0.39 is 0 Å². The van der Waals surface area contributed by atoms with Crippen molar-refractivity contribution < 1.29 is 0 Å². The Labute approximate surface area is 208 Å². The highest BCUT2D eigenvalue weighted by Crippen LogP contribution is 2.78. The molecule has 33 heavy (non-hydrogen) atoms. The maximum absolute atomic E-state index is 2.79. The van der Waals surface area contributed by atoms with Crippen molar-refractivity contribution in [1.82, 2.24) is 0 Å². The number of hydrogen-bond acceptors (Lipinski definition) is 0. The van der Waals surface area contributed by atoms with Crippen LogP contribution in [-0.4, -0.2) is 0 Å². The Balaban J connectivity index is 1.72. The summed E-state index contributed by atoms with van der Waals surface area (Å²) in [4.78, 5) is 0. The lowest BCUT2D eigenvalue weighted by Crippen LogP contribution is -2.60. The Morgan fingerprint density at radius 2 is 1.52 bits per heavy atom. The third-order valence-electron chi connectivity index (χ3n) is 13.6. The summed E-state index contributed by atoms with van der Waals surface area (Å²) in [6.07, 6.45) is 13.2. The molecular weight excluding hydrogens is 396 g/mol. The number of fused-ring (bicyclic) bond motifs is 2. The van der Waals surface area contributed by atoms with Gasteiger partial charge in [-0.2, -0.15) is 0 Å². The first-order chi connectivity index (χ1) is 15.2. The van der Waals surface area contributed by atoms with E-state index in [1.165, 1.54) is 57.8 Å². The molecule has 0 aromatic heterocycles. The van der Waals surface area contributed by atoms with E-state index in [4.69, 9.17) is 0 Å². The normalized spacial score (nSPS) is 53.5. The van der Waals surface area contributed by atoms with Gasteiger partial charge in [0.1, 0.15) is 0 Å². The largest absolute Gasteiger partial charge is 0.0654 e. The molecule has 4 rings (SSSR count). The molecule has 11 unspecified atom stereocenters. The molecule has 4 fully saturated rings. The molecule has 4 aliphatic carbocycles. The van der Waals surface area contributed by atoms with E-state index in [1.807, 2.05) is 0 Å². The molecule has 0 amide bonds. The Morgan fingerprint density at radius 3 is 2.06 bits per heavy atom. The van der Waals surface area contributed by atoms with Gasteiger partial charge in [-0.15, -0.1) is 0 Å². The Morgan fingerprint density at radius 1 is 0.879 bits per heavy atom. The summed E-state index contributed by atoms with van der Waals surface area (Å²) in [5, 5.41) is 0. The Kier molecular flexibility index (Phi) is 6.75. The molecule has 0 bridgehead atoms. The summed E-state index contributed by atoms with van der Waals surface area (Å²) in [5.41, 5.74) is 2.08. The monoisotopic (exact) mass is 456 g/mol. The van der Waals surface area contributed by atoms with Crippen molar-refractivity contribution in [1.29, 1.82) is 0 Å². The van der Waals surface area contributed by atoms with Gasteiger partial charge in [0.05, 0.1) is 0 Å². The predicted octanol–water partition coefficient (Wildman–Crippen LogP) is 10.3. The van der Waals surface area contributed by atoms with Gasteiger partial charge in [0.15, 0.2) is 0 Å². The molecule has 192 valence electrons. The Hall–Kier alpha value is 0. The van der Waals surface area contributed by atoms with E-state index in [-0.39, 0.29) is 0 Å². The van der Waals surface area contributed by atoms with Gasteiger partial charge in [0, 0.05) is 0 Å². The molecule has 0 saturated heterocycles. The molecule has 0 nitrogen and oxygen atoms in total. The summed E-state index contributed by atoms with van der Waals surface area (Å²) in [5.74, 6) is 8.35. The standard InChI is InChI=1S/C33H60/c1-12-13-14-17-32(10)19-27-23(5)28-22(4)15-16-25(21(2)3)26(28)18-31(27,9)20-33(32,11)29-24(6)30(29,7)8/h21-29H,12-20H2,1-11H3. The first kappa shape index (κ1) is 26.1. The van der Waals surface area contributed by atoms with E-state index >= 15 is 0 Å². The van der Waals surface area contributed by atoms with Gasteiger partial charge < -0.3 is 0 Å². The Bertz CT molecular complexity index is 703. The summed E-state index contributed by atoms with van der Waals surface area (Å²) < 4.78 is 0. The van der Waals surface area contributed by atoms with Crippen LogP contribution < -0.4 is 0 Å². The second-order valence-electron chi connectivity index (χ2n) is 15.9. The molecule has 11 atom stereocenters. The molecule has 0 aliphatic heterocycles. The van der Waals surface area contributed by atoms with Crippen LogP contribution in [0.2, 0.25) is 0 Å². The lowest BCUT2D eigenvalue weighted by molar-refractivity contribution is -0.183. The van der Waals surface area contributed by atoms with Crippen LogP contribution in [0.5, 0.6) is 0 Å². The zero-order valence-corrected chi connectivity index (χ0v) is 24.6. The van der Waals surface area contributed by atoms with Gasteiger partial charge in [-0.25, -0.2) is 0 Å². The lowest BCUT2D eigenvalue weighted by Gasteiger charge is -2.67. The first-order valence-electron chi connectivity index (χ1n) is 15.2. The van der Waals surface area contributed by atoms with Crippen molar-refractivity contribution in [3.8, 4) is 0 Å². The molecular formula is C33H60. The van der Waals surface area contributed by atoms with Crippen molar-refractivity contribution in [3.63, 3.8) is 0 Å². The topological polar surface area (TPSA) is 0 Å². The van der Waals surface area contributed by atoms with Crippen LogP contribution in [0.15, 0.2) is 0 Å². The van der Waals surface area contributed by atoms with Crippen LogP contribution in [0.3, 0.4) is 0 Å². The third kappa shape index (κ3) is 3.89. The summed E-state index contributed by atoms with van der Waals surface area (Å²) in [7, 11) is 0. The molecule has 4 aliphatic rings. The molecule has 4 saturated carbocycles. The lowest BCUT2D eigenvalue weighted by atomic mass is 9.38. The minimum atomic E-state index is 0.495. The fraction of sp³-hybridized carbons (Fsp3) is 1.00. The zero-order chi connectivity index (χ0) is 24.6. The summed E-state index contributed by atoms with van der Waals surface area (Å²) in [6, 6.07) is 0. The fourth-order valence-corrected chi connectivity index (χ4v) is 11.5. The first-order valence-corrected chi connectivity index (χ1v) is 15.2. The second-order valence-corrected chi connectivity index (χ2v) is 15.9. The van der Waals surface area contributed by atoms with Gasteiger partial charge in [0.25, 0.3) is 0 Å². The summed E-state index contributed by atoms with van der Waals surface area (Å²) >= 11 is 0. The van der Waals surface area contributed by atoms with Crippen molar-refractivity contribution in [2.45, 2.75) is 134 Å². The van der Waals surface area contributed by atoms with Crippen molar-refractivity contribution >= 4 is 0 Å². The van der Waals surface area contributed by atoms with Crippen LogP contribution in [0.4, 0.5) is 0 Å². The average molecular weight is 457 g/mol. The quantitative estimate of drug-likeness (QED) is 0.349. The van der Waals surface area contributed by atoms with Crippen LogP contribution in [-0.2, 0) is 0 Å². The third-order valence-corrected chi connectivity index (χ3v) is 13.6. The fourth-order valence-electron chi connectivity index (χ4n) is 11.5. The van der Waals surface area contributed by atoms with E-state index in [2.05, 4.69) is 76.2 Å². The van der Waals surface area contributed by atoms with Gasteiger partial charge in [-0.3, -0.25) is 0 Å². The van der Waals surface area contributed by atoms with Crippen LogP contribution in [0, 0.1) is 74.9 Å². The molecule has 0 radical (unpaired) electrons. The summed E-state index contributed by atoms with van der Waals surface area (Å²) in [6.45, 7) is 28.9. The molecule has 0 heterocycles. The predicted molar refractivity (Wildman–Crippen MR) is 145 cm³/mol. The van der Waals surface area contributed by atoms with E-state index in [0.29, 0.717) is 21.7 Å². The van der Waals surface area contributed by atoms with Crippen molar-refractivity contribution in [2.24, 2.45) is 74.9 Å². The van der Waals surface area contributed by atoms with E-state index in [0.717, 1.165) is 53.3 Å². The van der Waals surface area contributed by atoms with E-state index in [9.17, 15) is 0 Å². The second kappa shape index (κ2) is 8.54. The van der Waals surface area contributed by atoms with Gasteiger partial charge in [0.2, 0.25) is 0 Å².